The van der Waals surface area contributed by atoms with Gasteiger partial charge in [0.15, 0.2) is 5.69 Å². The third kappa shape index (κ3) is 2.49. The molecule has 1 aromatic heterocycles. The average Bonchev–Trinajstić information content (AvgIpc) is 2.47. The van der Waals surface area contributed by atoms with Crippen molar-refractivity contribution in [2.45, 2.75) is 45.1 Å². The van der Waals surface area contributed by atoms with Crippen LogP contribution >= 0.6 is 0 Å². The lowest BCUT2D eigenvalue weighted by Crippen LogP contribution is -2.41. The van der Waals surface area contributed by atoms with Crippen LogP contribution in [0.1, 0.15) is 33.4 Å². The number of rotatable bonds is 1. The zero-order valence-electron chi connectivity index (χ0n) is 11.7. The summed E-state index contributed by atoms with van der Waals surface area (Å²) in [7, 11) is -0.943. The van der Waals surface area contributed by atoms with Crippen LogP contribution in [0.3, 0.4) is 0 Å². The van der Waals surface area contributed by atoms with Crippen LogP contribution in [0, 0.1) is 0 Å². The van der Waals surface area contributed by atoms with Crippen LogP contribution in [0.25, 0.3) is 0 Å². The number of alkyl halides is 3. The van der Waals surface area contributed by atoms with E-state index in [-0.39, 0.29) is 5.59 Å². The predicted molar refractivity (Wildman–Crippen MR) is 69.4 cm³/mol. The van der Waals surface area contributed by atoms with Crippen molar-refractivity contribution in [2.75, 3.05) is 5.73 Å². The Kier molecular flexibility index (Phi) is 3.30. The molecule has 1 aromatic rings. The normalized spacial score (nSPS) is 21.2. The average molecular weight is 288 g/mol. The van der Waals surface area contributed by atoms with E-state index >= 15 is 0 Å². The molecule has 0 spiro atoms. The van der Waals surface area contributed by atoms with E-state index in [1.165, 1.54) is 6.07 Å². The van der Waals surface area contributed by atoms with Gasteiger partial charge >= 0.3 is 13.3 Å². The number of nitrogen functional groups attached to an aromatic ring is 1. The van der Waals surface area contributed by atoms with Crippen molar-refractivity contribution in [3.8, 4) is 0 Å². The zero-order chi connectivity index (χ0) is 15.3. The van der Waals surface area contributed by atoms with E-state index in [2.05, 4.69) is 4.98 Å². The summed E-state index contributed by atoms with van der Waals surface area (Å²) in [6, 6.07) is 2.54. The molecule has 0 aromatic carbocycles. The van der Waals surface area contributed by atoms with Gasteiger partial charge in [-0.1, -0.05) is 0 Å². The maximum Gasteiger partial charge on any atom is 0.514 e. The highest BCUT2D eigenvalue weighted by atomic mass is 19.4. The molecule has 0 radical (unpaired) electrons. The molecule has 2 N–H and O–H groups in total. The molecule has 0 saturated carbocycles. The molecule has 8 heteroatoms. The molecule has 0 amide bonds. The molecule has 4 nitrogen and oxygen atoms in total. The van der Waals surface area contributed by atoms with Gasteiger partial charge in [-0.3, -0.25) is 4.98 Å². The highest BCUT2D eigenvalue weighted by Gasteiger charge is 2.52. The lowest BCUT2D eigenvalue weighted by molar-refractivity contribution is -0.140. The van der Waals surface area contributed by atoms with Gasteiger partial charge in [0.25, 0.3) is 0 Å². The van der Waals surface area contributed by atoms with Crippen molar-refractivity contribution in [3.05, 3.63) is 17.8 Å². The van der Waals surface area contributed by atoms with Crippen molar-refractivity contribution >= 4 is 18.4 Å². The minimum Gasteiger partial charge on any atom is -0.398 e. The molecular weight excluding hydrogens is 272 g/mol. The molecule has 2 rings (SSSR count). The van der Waals surface area contributed by atoms with E-state index in [9.17, 15) is 13.2 Å². The first kappa shape index (κ1) is 15.1. The first-order valence-electron chi connectivity index (χ1n) is 6.13. The summed E-state index contributed by atoms with van der Waals surface area (Å²) in [6.45, 7) is 7.26. The van der Waals surface area contributed by atoms with Gasteiger partial charge in [0, 0.05) is 0 Å². The Morgan fingerprint density at radius 3 is 2.05 bits per heavy atom. The predicted octanol–water partition coefficient (Wildman–Crippen LogP) is 1.98. The van der Waals surface area contributed by atoms with Crippen LogP contribution in [0.15, 0.2) is 12.1 Å². The van der Waals surface area contributed by atoms with Gasteiger partial charge in [0.1, 0.15) is 0 Å². The summed E-state index contributed by atoms with van der Waals surface area (Å²) in [5, 5.41) is 0. The maximum absolute atomic E-state index is 12.8. The third-order valence-corrected chi connectivity index (χ3v) is 3.71. The second-order valence-corrected chi connectivity index (χ2v) is 5.76. The van der Waals surface area contributed by atoms with E-state index in [0.717, 1.165) is 6.07 Å². The Morgan fingerprint density at radius 2 is 1.60 bits per heavy atom. The van der Waals surface area contributed by atoms with Gasteiger partial charge in [-0.25, -0.2) is 0 Å². The summed E-state index contributed by atoms with van der Waals surface area (Å²) < 4.78 is 49.7. The molecule has 20 heavy (non-hydrogen) atoms. The first-order valence-corrected chi connectivity index (χ1v) is 6.13. The van der Waals surface area contributed by atoms with Gasteiger partial charge in [-0.2, -0.15) is 13.2 Å². The minimum absolute atomic E-state index is 0.0603. The molecule has 1 aliphatic rings. The van der Waals surface area contributed by atoms with Crippen molar-refractivity contribution in [1.82, 2.24) is 4.98 Å². The molecule has 2 heterocycles. The van der Waals surface area contributed by atoms with Crippen LogP contribution in [0.2, 0.25) is 0 Å². The zero-order valence-corrected chi connectivity index (χ0v) is 11.7. The molecule has 0 bridgehead atoms. The van der Waals surface area contributed by atoms with E-state index < -0.39 is 35.9 Å². The van der Waals surface area contributed by atoms with Crippen molar-refractivity contribution in [1.29, 1.82) is 0 Å². The van der Waals surface area contributed by atoms with E-state index in [0.29, 0.717) is 0 Å². The highest BCUT2D eigenvalue weighted by molar-refractivity contribution is 6.61. The van der Waals surface area contributed by atoms with E-state index in [1.807, 2.05) is 27.7 Å². The number of anilines is 1. The van der Waals surface area contributed by atoms with Gasteiger partial charge in [-0.05, 0) is 39.8 Å². The molecule has 0 unspecified atom stereocenters. The van der Waals surface area contributed by atoms with Crippen molar-refractivity contribution < 1.29 is 22.5 Å². The number of hydrogen-bond acceptors (Lipinski definition) is 4. The summed E-state index contributed by atoms with van der Waals surface area (Å²) in [6.07, 6.45) is -4.61. The van der Waals surface area contributed by atoms with Crippen LogP contribution in [0.4, 0.5) is 18.9 Å². The van der Waals surface area contributed by atoms with Gasteiger partial charge in [-0.15, -0.1) is 0 Å². The molecular formula is C12H16BF3N2O2. The lowest BCUT2D eigenvalue weighted by atomic mass is 9.84. The van der Waals surface area contributed by atoms with Gasteiger partial charge in [0.05, 0.1) is 22.5 Å². The number of nitrogens with zero attached hydrogens (tertiary/aromatic N) is 1. The topological polar surface area (TPSA) is 57.4 Å². The molecule has 1 saturated heterocycles. The molecule has 0 atom stereocenters. The van der Waals surface area contributed by atoms with E-state index in [1.54, 1.807) is 0 Å². The fourth-order valence-corrected chi connectivity index (χ4v) is 1.81. The minimum atomic E-state index is -4.61. The Bertz CT molecular complexity index is 516. The standard InChI is InChI=1S/C12H16BF3N2O2/c1-10(2)11(3,4)20-13(19-10)8-6-5-7(17)9(18-8)12(14,15)16/h5-6H,17H2,1-4H3. The summed E-state index contributed by atoms with van der Waals surface area (Å²) in [5.74, 6) is 0. The third-order valence-electron chi connectivity index (χ3n) is 3.71. The van der Waals surface area contributed by atoms with Crippen molar-refractivity contribution in [3.63, 3.8) is 0 Å². The van der Waals surface area contributed by atoms with Crippen molar-refractivity contribution in [2.24, 2.45) is 0 Å². The SMILES string of the molecule is CC1(C)OB(c2ccc(N)c(C(F)(F)F)n2)OC1(C)C. The largest absolute Gasteiger partial charge is 0.514 e. The fourth-order valence-electron chi connectivity index (χ4n) is 1.81. The number of aromatic nitrogens is 1. The number of nitrogens with two attached hydrogens (primary N) is 1. The second kappa shape index (κ2) is 4.36. The van der Waals surface area contributed by atoms with Crippen LogP contribution < -0.4 is 11.3 Å². The lowest BCUT2D eigenvalue weighted by Gasteiger charge is -2.32. The quantitative estimate of drug-likeness (QED) is 0.803. The van der Waals surface area contributed by atoms with Gasteiger partial charge in [0.2, 0.25) is 0 Å². The molecule has 0 aliphatic carbocycles. The Hall–Kier alpha value is -1.28. The van der Waals surface area contributed by atoms with Crippen LogP contribution in [0.5, 0.6) is 0 Å². The summed E-state index contributed by atoms with van der Waals surface area (Å²) >= 11 is 0. The van der Waals surface area contributed by atoms with E-state index in [4.69, 9.17) is 15.0 Å². The molecule has 1 aliphatic heterocycles. The first-order chi connectivity index (χ1) is 8.94. The highest BCUT2D eigenvalue weighted by Crippen LogP contribution is 2.37. The fraction of sp³-hybridized carbons (Fsp3) is 0.583. The summed E-state index contributed by atoms with van der Waals surface area (Å²) in [5.41, 5.74) is 2.56. The maximum atomic E-state index is 12.8. The number of hydrogen-bond donors (Lipinski definition) is 1. The smallest absolute Gasteiger partial charge is 0.398 e. The molecule has 1 fully saturated rings. The molecule has 110 valence electrons. The Balaban J connectivity index is 2.37. The summed E-state index contributed by atoms with van der Waals surface area (Å²) in [4.78, 5) is 3.56. The van der Waals surface area contributed by atoms with Crippen LogP contribution in [-0.2, 0) is 15.5 Å². The number of halogens is 3. The second-order valence-electron chi connectivity index (χ2n) is 5.76. The number of pyridine rings is 1. The van der Waals surface area contributed by atoms with Gasteiger partial charge < -0.3 is 15.0 Å². The van der Waals surface area contributed by atoms with Crippen LogP contribution in [-0.4, -0.2) is 23.3 Å². The Labute approximate surface area is 115 Å². The monoisotopic (exact) mass is 288 g/mol. The Morgan fingerprint density at radius 1 is 1.10 bits per heavy atom.